The highest BCUT2D eigenvalue weighted by molar-refractivity contribution is 6.29. The minimum absolute atomic E-state index is 0.470. The Balaban J connectivity index is 2.14. The van der Waals surface area contributed by atoms with E-state index < -0.39 is 0 Å². The molecule has 0 saturated carbocycles. The Morgan fingerprint density at radius 1 is 0.857 bits per heavy atom. The molecule has 1 aromatic heterocycles. The maximum atomic E-state index is 6.19. The Labute approximate surface area is 129 Å². The summed E-state index contributed by atoms with van der Waals surface area (Å²) < 4.78 is 5.40. The molecule has 3 rings (SSSR count). The maximum absolute atomic E-state index is 6.19. The minimum Gasteiger partial charge on any atom is -0.496 e. The summed E-state index contributed by atoms with van der Waals surface area (Å²) in [5.41, 5.74) is 3.88. The van der Waals surface area contributed by atoms with Gasteiger partial charge in [0.2, 0.25) is 0 Å². The molecule has 0 atom stereocenters. The Morgan fingerprint density at radius 3 is 2.33 bits per heavy atom. The average molecular weight is 296 g/mol. The second-order valence-electron chi connectivity index (χ2n) is 4.63. The van der Waals surface area contributed by atoms with Crippen molar-refractivity contribution < 1.29 is 4.74 Å². The van der Waals surface area contributed by atoms with E-state index in [9.17, 15) is 0 Å². The monoisotopic (exact) mass is 295 g/mol. The molecule has 21 heavy (non-hydrogen) atoms. The number of para-hydroxylation sites is 1. The van der Waals surface area contributed by atoms with Gasteiger partial charge in [0.05, 0.1) is 12.8 Å². The molecule has 0 amide bonds. The van der Waals surface area contributed by atoms with Gasteiger partial charge in [-0.2, -0.15) is 0 Å². The molecule has 0 fully saturated rings. The fourth-order valence-electron chi connectivity index (χ4n) is 2.29. The van der Waals surface area contributed by atoms with E-state index in [2.05, 4.69) is 17.1 Å². The van der Waals surface area contributed by atoms with Crippen LogP contribution in [0.3, 0.4) is 0 Å². The summed E-state index contributed by atoms with van der Waals surface area (Å²) in [5.74, 6) is 0.784. The molecule has 0 aliphatic carbocycles. The van der Waals surface area contributed by atoms with Crippen LogP contribution in [0.4, 0.5) is 0 Å². The quantitative estimate of drug-likeness (QED) is 0.629. The molecule has 0 radical (unpaired) electrons. The van der Waals surface area contributed by atoms with Crippen LogP contribution in [0.25, 0.3) is 22.4 Å². The van der Waals surface area contributed by atoms with Crippen molar-refractivity contribution in [2.75, 3.05) is 7.11 Å². The normalized spacial score (nSPS) is 10.4. The minimum atomic E-state index is 0.470. The Hall–Kier alpha value is -2.32. The third-order valence-electron chi connectivity index (χ3n) is 3.28. The third-order valence-corrected chi connectivity index (χ3v) is 3.48. The van der Waals surface area contributed by atoms with Gasteiger partial charge in [0.1, 0.15) is 10.9 Å². The van der Waals surface area contributed by atoms with Gasteiger partial charge in [-0.05, 0) is 35.4 Å². The molecule has 3 aromatic rings. The molecule has 3 heteroatoms. The van der Waals surface area contributed by atoms with Crippen LogP contribution >= 0.6 is 11.6 Å². The topological polar surface area (TPSA) is 22.1 Å². The highest BCUT2D eigenvalue weighted by Gasteiger charge is 2.09. The zero-order valence-corrected chi connectivity index (χ0v) is 12.3. The second-order valence-corrected chi connectivity index (χ2v) is 5.02. The lowest BCUT2D eigenvalue weighted by Gasteiger charge is -2.10. The molecule has 0 unspecified atom stereocenters. The van der Waals surface area contributed by atoms with Gasteiger partial charge >= 0.3 is 0 Å². The number of ether oxygens (including phenoxy) is 1. The van der Waals surface area contributed by atoms with Gasteiger partial charge in [-0.1, -0.05) is 54.1 Å². The van der Waals surface area contributed by atoms with E-state index in [1.807, 2.05) is 54.6 Å². The van der Waals surface area contributed by atoms with E-state index in [0.29, 0.717) is 5.15 Å². The molecule has 0 N–H and O–H groups in total. The van der Waals surface area contributed by atoms with E-state index in [0.717, 1.165) is 28.1 Å². The Bertz CT molecular complexity index is 756. The van der Waals surface area contributed by atoms with Crippen molar-refractivity contribution in [2.24, 2.45) is 0 Å². The number of halogens is 1. The van der Waals surface area contributed by atoms with Crippen molar-refractivity contribution in [1.82, 2.24) is 4.98 Å². The Kier molecular flexibility index (Phi) is 3.89. The van der Waals surface area contributed by atoms with E-state index in [-0.39, 0.29) is 0 Å². The van der Waals surface area contributed by atoms with Gasteiger partial charge in [0.25, 0.3) is 0 Å². The average Bonchev–Trinajstić information content (AvgIpc) is 2.55. The second kappa shape index (κ2) is 5.98. The molecule has 1 heterocycles. The predicted octanol–water partition coefficient (Wildman–Crippen LogP) is 5.08. The fourth-order valence-corrected chi connectivity index (χ4v) is 2.50. The number of hydrogen-bond acceptors (Lipinski definition) is 2. The van der Waals surface area contributed by atoms with Crippen LogP contribution in [0, 0.1) is 0 Å². The van der Waals surface area contributed by atoms with E-state index >= 15 is 0 Å². The fraction of sp³-hybridized carbons (Fsp3) is 0.0556. The molecule has 0 aliphatic heterocycles. The first-order valence-electron chi connectivity index (χ1n) is 6.64. The summed E-state index contributed by atoms with van der Waals surface area (Å²) in [6.07, 6.45) is 0. The number of methoxy groups -OCH3 is 1. The zero-order chi connectivity index (χ0) is 14.7. The van der Waals surface area contributed by atoms with Crippen molar-refractivity contribution in [2.45, 2.75) is 0 Å². The zero-order valence-electron chi connectivity index (χ0n) is 11.6. The van der Waals surface area contributed by atoms with Crippen molar-refractivity contribution in [3.8, 4) is 28.1 Å². The van der Waals surface area contributed by atoms with Gasteiger partial charge in [0, 0.05) is 5.56 Å². The molecule has 0 bridgehead atoms. The van der Waals surface area contributed by atoms with Crippen LogP contribution < -0.4 is 4.74 Å². The van der Waals surface area contributed by atoms with Crippen LogP contribution in [0.2, 0.25) is 5.15 Å². The van der Waals surface area contributed by atoms with Gasteiger partial charge in [-0.15, -0.1) is 0 Å². The standard InChI is InChI=1S/C18H14ClNO/c1-21-17-10-6-5-9-15(17)16-11-14(12-18(19)20-16)13-7-3-2-4-8-13/h2-12H,1H3. The van der Waals surface area contributed by atoms with Crippen molar-refractivity contribution >= 4 is 11.6 Å². The highest BCUT2D eigenvalue weighted by atomic mass is 35.5. The van der Waals surface area contributed by atoms with Crippen LogP contribution in [-0.2, 0) is 0 Å². The molecule has 0 aliphatic rings. The first-order chi connectivity index (χ1) is 10.3. The smallest absolute Gasteiger partial charge is 0.130 e. The van der Waals surface area contributed by atoms with Gasteiger partial charge < -0.3 is 4.74 Å². The number of aromatic nitrogens is 1. The first-order valence-corrected chi connectivity index (χ1v) is 7.02. The van der Waals surface area contributed by atoms with Crippen LogP contribution in [0.15, 0.2) is 66.7 Å². The van der Waals surface area contributed by atoms with E-state index in [1.165, 1.54) is 0 Å². The van der Waals surface area contributed by atoms with Gasteiger partial charge in [-0.25, -0.2) is 4.98 Å². The van der Waals surface area contributed by atoms with E-state index in [1.54, 1.807) is 7.11 Å². The van der Waals surface area contributed by atoms with Crippen molar-refractivity contribution in [3.63, 3.8) is 0 Å². The Morgan fingerprint density at radius 2 is 1.57 bits per heavy atom. The summed E-state index contributed by atoms with van der Waals surface area (Å²) in [6, 6.07) is 21.8. The summed E-state index contributed by atoms with van der Waals surface area (Å²) in [4.78, 5) is 4.42. The lowest BCUT2D eigenvalue weighted by molar-refractivity contribution is 0.416. The van der Waals surface area contributed by atoms with Crippen molar-refractivity contribution in [1.29, 1.82) is 0 Å². The number of pyridine rings is 1. The summed E-state index contributed by atoms with van der Waals surface area (Å²) in [7, 11) is 1.65. The number of rotatable bonds is 3. The number of hydrogen-bond donors (Lipinski definition) is 0. The molecular weight excluding hydrogens is 282 g/mol. The number of benzene rings is 2. The van der Waals surface area contributed by atoms with E-state index in [4.69, 9.17) is 16.3 Å². The summed E-state index contributed by atoms with van der Waals surface area (Å²) in [5, 5.41) is 0.470. The summed E-state index contributed by atoms with van der Waals surface area (Å²) in [6.45, 7) is 0. The lowest BCUT2D eigenvalue weighted by atomic mass is 10.0. The maximum Gasteiger partial charge on any atom is 0.130 e. The predicted molar refractivity (Wildman–Crippen MR) is 86.7 cm³/mol. The lowest BCUT2D eigenvalue weighted by Crippen LogP contribution is -1.91. The van der Waals surface area contributed by atoms with Crippen LogP contribution in [0.5, 0.6) is 5.75 Å². The molecule has 0 spiro atoms. The third kappa shape index (κ3) is 2.91. The molecular formula is C18H14ClNO. The molecule has 0 saturated heterocycles. The van der Waals surface area contributed by atoms with Crippen molar-refractivity contribution in [3.05, 3.63) is 71.9 Å². The first kappa shape index (κ1) is 13.7. The van der Waals surface area contributed by atoms with Gasteiger partial charge in [0.15, 0.2) is 0 Å². The van der Waals surface area contributed by atoms with Crippen LogP contribution in [-0.4, -0.2) is 12.1 Å². The molecule has 2 nitrogen and oxygen atoms in total. The number of nitrogens with zero attached hydrogens (tertiary/aromatic N) is 1. The molecule has 104 valence electrons. The molecule has 2 aromatic carbocycles. The largest absolute Gasteiger partial charge is 0.496 e. The highest BCUT2D eigenvalue weighted by Crippen LogP contribution is 2.32. The SMILES string of the molecule is COc1ccccc1-c1cc(-c2ccccc2)cc(Cl)n1. The van der Waals surface area contributed by atoms with Gasteiger partial charge in [-0.3, -0.25) is 0 Å². The summed E-state index contributed by atoms with van der Waals surface area (Å²) >= 11 is 6.19. The van der Waals surface area contributed by atoms with Crippen LogP contribution in [0.1, 0.15) is 0 Å².